The molecule has 8 heteroatoms. The van der Waals surface area contributed by atoms with Crippen LogP contribution in [0.2, 0.25) is 0 Å². The molecule has 0 fully saturated rings. The quantitative estimate of drug-likeness (QED) is 0.327. The number of rotatable bonds is 10. The van der Waals surface area contributed by atoms with Crippen LogP contribution in [0.1, 0.15) is 18.9 Å². The van der Waals surface area contributed by atoms with Gasteiger partial charge in [0.15, 0.2) is 5.96 Å². The van der Waals surface area contributed by atoms with Gasteiger partial charge in [-0.3, -0.25) is 4.99 Å². The largest absolute Gasteiger partial charge is 0.497 e. The number of guanidine groups is 1. The van der Waals surface area contributed by atoms with Crippen LogP contribution < -0.4 is 20.1 Å². The first kappa shape index (κ1) is 20.2. The Hall–Kier alpha value is -1.80. The maximum atomic E-state index is 11.0. The fourth-order valence-corrected chi connectivity index (χ4v) is 2.50. The number of nitrogens with one attached hydrogen (secondary N) is 3. The smallest absolute Gasteiger partial charge is 0.208 e. The van der Waals surface area contributed by atoms with E-state index in [-0.39, 0.29) is 0 Å². The molecule has 0 spiro atoms. The molecule has 0 aliphatic heterocycles. The van der Waals surface area contributed by atoms with E-state index in [1.807, 2.05) is 31.2 Å². The van der Waals surface area contributed by atoms with Crippen molar-refractivity contribution in [2.24, 2.45) is 4.99 Å². The molecule has 0 radical (unpaired) electrons. The van der Waals surface area contributed by atoms with Crippen LogP contribution in [0.5, 0.6) is 5.75 Å². The Morgan fingerprint density at radius 2 is 1.88 bits per heavy atom. The van der Waals surface area contributed by atoms with Crippen molar-refractivity contribution in [2.45, 2.75) is 19.8 Å². The van der Waals surface area contributed by atoms with Crippen LogP contribution in [-0.4, -0.2) is 53.9 Å². The van der Waals surface area contributed by atoms with Gasteiger partial charge in [0.1, 0.15) is 5.75 Å². The van der Waals surface area contributed by atoms with Crippen molar-refractivity contribution in [1.82, 2.24) is 15.4 Å². The molecule has 0 heterocycles. The van der Waals surface area contributed by atoms with Crippen LogP contribution in [0.25, 0.3) is 0 Å². The summed E-state index contributed by atoms with van der Waals surface area (Å²) in [6, 6.07) is 7.98. The number of ether oxygens (including phenoxy) is 1. The molecule has 0 saturated carbocycles. The summed E-state index contributed by atoms with van der Waals surface area (Å²) in [5.41, 5.74) is 1.22. The molecule has 1 aromatic rings. The van der Waals surface area contributed by atoms with Crippen molar-refractivity contribution in [3.63, 3.8) is 0 Å². The van der Waals surface area contributed by atoms with Crippen molar-refractivity contribution in [3.8, 4) is 5.75 Å². The van der Waals surface area contributed by atoms with Gasteiger partial charge >= 0.3 is 0 Å². The Morgan fingerprint density at radius 1 is 1.17 bits per heavy atom. The summed E-state index contributed by atoms with van der Waals surface area (Å²) in [5, 5.41) is 6.45. The van der Waals surface area contributed by atoms with Crippen LogP contribution in [0, 0.1) is 0 Å². The maximum Gasteiger partial charge on any atom is 0.208 e. The number of hydrogen-bond acceptors (Lipinski definition) is 4. The van der Waals surface area contributed by atoms with Crippen LogP contribution >= 0.6 is 0 Å². The van der Waals surface area contributed by atoms with E-state index in [4.69, 9.17) is 4.74 Å². The SMILES string of the molecule is CCNC(=NCCCNS(C)(=O)=O)NCCc1ccc(OC)cc1. The first-order valence-corrected chi connectivity index (χ1v) is 9.93. The van der Waals surface area contributed by atoms with Crippen molar-refractivity contribution in [2.75, 3.05) is 39.5 Å². The minimum atomic E-state index is -3.12. The molecule has 0 aliphatic rings. The second-order valence-electron chi connectivity index (χ2n) is 5.31. The van der Waals surface area contributed by atoms with Crippen molar-refractivity contribution in [1.29, 1.82) is 0 Å². The molecule has 1 aromatic carbocycles. The van der Waals surface area contributed by atoms with E-state index in [9.17, 15) is 8.42 Å². The van der Waals surface area contributed by atoms with E-state index in [2.05, 4.69) is 20.3 Å². The van der Waals surface area contributed by atoms with Crippen LogP contribution in [0.4, 0.5) is 0 Å². The maximum absolute atomic E-state index is 11.0. The lowest BCUT2D eigenvalue weighted by Gasteiger charge is -2.11. The third-order valence-electron chi connectivity index (χ3n) is 3.18. The van der Waals surface area contributed by atoms with Gasteiger partial charge in [-0.1, -0.05) is 12.1 Å². The predicted octanol–water partition coefficient (Wildman–Crippen LogP) is 0.732. The van der Waals surface area contributed by atoms with E-state index in [0.29, 0.717) is 19.5 Å². The lowest BCUT2D eigenvalue weighted by atomic mass is 10.1. The Kier molecular flexibility index (Phi) is 9.18. The standard InChI is InChI=1S/C16H28N4O3S/c1-4-17-16(18-11-5-12-20-24(3,21)22)19-13-10-14-6-8-15(23-2)9-7-14/h6-9,20H,4-5,10-13H2,1-3H3,(H2,17,18,19). The Bertz CT molecular complexity index is 600. The normalized spacial score (nSPS) is 12.0. The topological polar surface area (TPSA) is 91.8 Å². The monoisotopic (exact) mass is 356 g/mol. The zero-order chi connectivity index (χ0) is 17.8. The van der Waals surface area contributed by atoms with E-state index in [0.717, 1.165) is 37.5 Å². The number of aliphatic imine (C=N–C) groups is 1. The second kappa shape index (κ2) is 10.9. The number of nitrogens with zero attached hydrogens (tertiary/aromatic N) is 1. The van der Waals surface area contributed by atoms with E-state index in [1.165, 1.54) is 5.56 Å². The summed E-state index contributed by atoms with van der Waals surface area (Å²) in [6.07, 6.45) is 2.69. The molecular formula is C16H28N4O3S. The molecule has 1 rings (SSSR count). The molecule has 0 aromatic heterocycles. The van der Waals surface area contributed by atoms with Gasteiger partial charge in [-0.2, -0.15) is 0 Å². The molecule has 0 aliphatic carbocycles. The average molecular weight is 356 g/mol. The highest BCUT2D eigenvalue weighted by Crippen LogP contribution is 2.11. The molecule has 3 N–H and O–H groups in total. The van der Waals surface area contributed by atoms with E-state index in [1.54, 1.807) is 7.11 Å². The summed E-state index contributed by atoms with van der Waals surface area (Å²) in [4.78, 5) is 4.43. The summed E-state index contributed by atoms with van der Waals surface area (Å²) in [7, 11) is -1.47. The zero-order valence-corrected chi connectivity index (χ0v) is 15.4. The lowest BCUT2D eigenvalue weighted by molar-refractivity contribution is 0.414. The van der Waals surface area contributed by atoms with Crippen LogP contribution in [0.15, 0.2) is 29.3 Å². The van der Waals surface area contributed by atoms with E-state index >= 15 is 0 Å². The summed E-state index contributed by atoms with van der Waals surface area (Å²) in [5.74, 6) is 1.59. The molecular weight excluding hydrogens is 328 g/mol. The predicted molar refractivity (Wildman–Crippen MR) is 98.1 cm³/mol. The molecule has 136 valence electrons. The fraction of sp³-hybridized carbons (Fsp3) is 0.562. The first-order valence-electron chi connectivity index (χ1n) is 8.04. The molecule has 0 saturated heterocycles. The van der Waals surface area contributed by atoms with Gasteiger partial charge in [0.25, 0.3) is 0 Å². The fourth-order valence-electron chi connectivity index (χ4n) is 1.99. The van der Waals surface area contributed by atoms with Crippen LogP contribution in [-0.2, 0) is 16.4 Å². The van der Waals surface area contributed by atoms with Crippen molar-refractivity contribution in [3.05, 3.63) is 29.8 Å². The molecule has 0 bridgehead atoms. The lowest BCUT2D eigenvalue weighted by Crippen LogP contribution is -2.38. The minimum absolute atomic E-state index is 0.396. The summed E-state index contributed by atoms with van der Waals surface area (Å²) >= 11 is 0. The molecule has 0 unspecified atom stereocenters. The minimum Gasteiger partial charge on any atom is -0.497 e. The zero-order valence-electron chi connectivity index (χ0n) is 14.6. The highest BCUT2D eigenvalue weighted by atomic mass is 32.2. The van der Waals surface area contributed by atoms with Gasteiger partial charge in [-0.05, 0) is 37.5 Å². The van der Waals surface area contributed by atoms with E-state index < -0.39 is 10.0 Å². The number of hydrogen-bond donors (Lipinski definition) is 3. The average Bonchev–Trinajstić information content (AvgIpc) is 2.54. The van der Waals surface area contributed by atoms with Gasteiger partial charge in [-0.15, -0.1) is 0 Å². The molecule has 0 amide bonds. The van der Waals surface area contributed by atoms with Gasteiger partial charge in [0.05, 0.1) is 13.4 Å². The molecule has 7 nitrogen and oxygen atoms in total. The number of benzene rings is 1. The summed E-state index contributed by atoms with van der Waals surface area (Å²) in [6.45, 7) is 4.50. The number of sulfonamides is 1. The van der Waals surface area contributed by atoms with Crippen molar-refractivity contribution >= 4 is 16.0 Å². The van der Waals surface area contributed by atoms with Crippen LogP contribution in [0.3, 0.4) is 0 Å². The number of methoxy groups -OCH3 is 1. The third kappa shape index (κ3) is 9.36. The first-order chi connectivity index (χ1) is 11.4. The van der Waals surface area contributed by atoms with Gasteiger partial charge in [-0.25, -0.2) is 13.1 Å². The van der Waals surface area contributed by atoms with Gasteiger partial charge < -0.3 is 15.4 Å². The second-order valence-corrected chi connectivity index (χ2v) is 7.14. The Morgan fingerprint density at radius 3 is 2.46 bits per heavy atom. The molecule has 0 atom stereocenters. The third-order valence-corrected chi connectivity index (χ3v) is 3.91. The molecule has 24 heavy (non-hydrogen) atoms. The van der Waals surface area contributed by atoms with Gasteiger partial charge in [0.2, 0.25) is 10.0 Å². The Balaban J connectivity index is 2.34. The highest BCUT2D eigenvalue weighted by molar-refractivity contribution is 7.88. The van der Waals surface area contributed by atoms with Gasteiger partial charge in [0, 0.05) is 26.2 Å². The van der Waals surface area contributed by atoms with Crippen molar-refractivity contribution < 1.29 is 13.2 Å². The Labute approximate surface area is 145 Å². The highest BCUT2D eigenvalue weighted by Gasteiger charge is 2.00. The summed E-state index contributed by atoms with van der Waals surface area (Å²) < 4.78 is 29.5.